The first-order valence-corrected chi connectivity index (χ1v) is 6.66. The molecule has 1 aromatic rings. The third kappa shape index (κ3) is 3.25. The molecule has 0 aliphatic carbocycles. The largest absolute Gasteiger partial charge is 0.342 e. The number of carbonyl (C=O) groups is 1. The van der Waals surface area contributed by atoms with Crippen LogP contribution in [0.15, 0.2) is 12.4 Å². The number of nitrogens with zero attached hydrogens (tertiary/aromatic N) is 4. The highest BCUT2D eigenvalue weighted by Crippen LogP contribution is 2.21. The molecule has 2 aliphatic rings. The van der Waals surface area contributed by atoms with E-state index in [4.69, 9.17) is 0 Å². The van der Waals surface area contributed by atoms with Crippen LogP contribution < -0.4 is 5.32 Å². The van der Waals surface area contributed by atoms with Gasteiger partial charge in [-0.15, -0.1) is 17.5 Å². The van der Waals surface area contributed by atoms with Crippen LogP contribution in [-0.4, -0.2) is 52.0 Å². The number of hydrogen-bond donors (Lipinski definition) is 1. The van der Waals surface area contributed by atoms with E-state index in [0.717, 1.165) is 45.6 Å². The minimum Gasteiger partial charge on any atom is -0.342 e. The van der Waals surface area contributed by atoms with Crippen molar-refractivity contribution in [3.05, 3.63) is 12.4 Å². The van der Waals surface area contributed by atoms with Crippen LogP contribution in [0.2, 0.25) is 0 Å². The molecule has 0 unspecified atom stereocenters. The summed E-state index contributed by atoms with van der Waals surface area (Å²) in [4.78, 5) is 14.1. The number of aromatic nitrogens is 3. The molecule has 106 valence electrons. The number of piperidine rings is 1. The summed E-state index contributed by atoms with van der Waals surface area (Å²) in [5.74, 6) is 1.19. The summed E-state index contributed by atoms with van der Waals surface area (Å²) in [5, 5.41) is 11.0. The van der Waals surface area contributed by atoms with Gasteiger partial charge in [0.1, 0.15) is 0 Å². The number of likely N-dealkylation sites (tertiary alicyclic amines) is 1. The molecule has 19 heavy (non-hydrogen) atoms. The van der Waals surface area contributed by atoms with Crippen molar-refractivity contribution in [1.82, 2.24) is 25.2 Å². The lowest BCUT2D eigenvalue weighted by molar-refractivity contribution is -0.138. The number of nitrogens with one attached hydrogen (secondary N) is 1. The van der Waals surface area contributed by atoms with Gasteiger partial charge in [-0.3, -0.25) is 9.48 Å². The van der Waals surface area contributed by atoms with E-state index in [-0.39, 0.29) is 18.3 Å². The summed E-state index contributed by atoms with van der Waals surface area (Å²) in [6.45, 7) is 4.44. The van der Waals surface area contributed by atoms with Gasteiger partial charge in [-0.1, -0.05) is 5.21 Å². The average Bonchev–Trinajstić information content (AvgIpc) is 2.80. The Labute approximate surface area is 118 Å². The summed E-state index contributed by atoms with van der Waals surface area (Å²) in [6, 6.07) is 0. The summed E-state index contributed by atoms with van der Waals surface area (Å²) < 4.78 is 1.89. The normalized spacial score (nSPS) is 20.7. The van der Waals surface area contributed by atoms with Gasteiger partial charge in [0.25, 0.3) is 0 Å². The van der Waals surface area contributed by atoms with Crippen LogP contribution in [0, 0.1) is 11.8 Å². The summed E-state index contributed by atoms with van der Waals surface area (Å²) in [5.41, 5.74) is 0. The molecule has 0 saturated carbocycles. The van der Waals surface area contributed by atoms with Gasteiger partial charge in [0.15, 0.2) is 0 Å². The number of rotatable bonds is 3. The summed E-state index contributed by atoms with van der Waals surface area (Å²) in [6.07, 6.45) is 5.76. The third-order valence-corrected chi connectivity index (χ3v) is 3.97. The molecule has 0 radical (unpaired) electrons. The maximum atomic E-state index is 12.1. The Kier molecular flexibility index (Phi) is 4.76. The zero-order valence-corrected chi connectivity index (χ0v) is 11.7. The van der Waals surface area contributed by atoms with E-state index in [1.165, 1.54) is 0 Å². The number of carbonyl (C=O) groups excluding carboxylic acids is 1. The fourth-order valence-electron chi connectivity index (χ4n) is 2.65. The molecule has 0 spiro atoms. The highest BCUT2D eigenvalue weighted by Gasteiger charge is 2.31. The highest BCUT2D eigenvalue weighted by molar-refractivity contribution is 5.85. The number of halogens is 1. The van der Waals surface area contributed by atoms with E-state index in [1.807, 2.05) is 15.8 Å². The molecule has 3 heterocycles. The second-order valence-electron chi connectivity index (χ2n) is 5.25. The predicted molar refractivity (Wildman–Crippen MR) is 72.9 cm³/mol. The predicted octanol–water partition coefficient (Wildman–Crippen LogP) is 0.158. The molecule has 2 saturated heterocycles. The van der Waals surface area contributed by atoms with Crippen molar-refractivity contribution >= 4 is 18.3 Å². The van der Waals surface area contributed by atoms with Crippen molar-refractivity contribution in [2.24, 2.45) is 11.8 Å². The first-order chi connectivity index (χ1) is 8.83. The van der Waals surface area contributed by atoms with E-state index in [9.17, 15) is 4.79 Å². The van der Waals surface area contributed by atoms with Crippen molar-refractivity contribution in [2.75, 3.05) is 26.2 Å². The van der Waals surface area contributed by atoms with Crippen LogP contribution in [-0.2, 0) is 11.3 Å². The standard InChI is InChI=1S/C12H19N5O.ClH/c18-12(11-7-13-8-11)16-4-1-10(2-5-16)9-17-6-3-14-15-17;/h3,6,10-11,13H,1-2,4-5,7-9H2;1H. The number of amides is 1. The maximum absolute atomic E-state index is 12.1. The van der Waals surface area contributed by atoms with E-state index >= 15 is 0 Å². The molecule has 3 rings (SSSR count). The molecule has 2 aliphatic heterocycles. The van der Waals surface area contributed by atoms with Crippen molar-refractivity contribution in [3.8, 4) is 0 Å². The van der Waals surface area contributed by atoms with Crippen LogP contribution >= 0.6 is 12.4 Å². The van der Waals surface area contributed by atoms with Gasteiger partial charge in [0.2, 0.25) is 5.91 Å². The van der Waals surface area contributed by atoms with Crippen molar-refractivity contribution in [2.45, 2.75) is 19.4 Å². The minimum absolute atomic E-state index is 0. The van der Waals surface area contributed by atoms with Crippen LogP contribution in [0.3, 0.4) is 0 Å². The highest BCUT2D eigenvalue weighted by atomic mass is 35.5. The Bertz CT molecular complexity index is 398. The molecule has 6 nitrogen and oxygen atoms in total. The van der Waals surface area contributed by atoms with Gasteiger partial charge in [-0.25, -0.2) is 0 Å². The Morgan fingerprint density at radius 2 is 2.05 bits per heavy atom. The lowest BCUT2D eigenvalue weighted by atomic mass is 9.94. The van der Waals surface area contributed by atoms with Crippen molar-refractivity contribution in [3.63, 3.8) is 0 Å². The molecule has 1 aromatic heterocycles. The Morgan fingerprint density at radius 1 is 1.32 bits per heavy atom. The Hall–Kier alpha value is -1.14. The van der Waals surface area contributed by atoms with Gasteiger partial charge in [-0.05, 0) is 18.8 Å². The molecule has 1 N–H and O–H groups in total. The molecule has 2 fully saturated rings. The minimum atomic E-state index is 0. The molecular formula is C12H20ClN5O. The SMILES string of the molecule is Cl.O=C(C1CNC1)N1CCC(Cn2ccnn2)CC1. The summed E-state index contributed by atoms with van der Waals surface area (Å²) in [7, 11) is 0. The Morgan fingerprint density at radius 3 is 2.58 bits per heavy atom. The number of hydrogen-bond acceptors (Lipinski definition) is 4. The van der Waals surface area contributed by atoms with Crippen LogP contribution in [0.4, 0.5) is 0 Å². The molecule has 7 heteroatoms. The van der Waals surface area contributed by atoms with E-state index in [1.54, 1.807) is 6.20 Å². The van der Waals surface area contributed by atoms with Gasteiger partial charge in [0, 0.05) is 38.9 Å². The smallest absolute Gasteiger partial charge is 0.228 e. The first-order valence-electron chi connectivity index (χ1n) is 6.66. The third-order valence-electron chi connectivity index (χ3n) is 3.97. The molecule has 0 atom stereocenters. The molecule has 0 bridgehead atoms. The average molecular weight is 286 g/mol. The van der Waals surface area contributed by atoms with Gasteiger partial charge in [0.05, 0.1) is 12.1 Å². The van der Waals surface area contributed by atoms with E-state index < -0.39 is 0 Å². The second-order valence-corrected chi connectivity index (χ2v) is 5.25. The van der Waals surface area contributed by atoms with Crippen LogP contribution in [0.1, 0.15) is 12.8 Å². The van der Waals surface area contributed by atoms with Gasteiger partial charge in [-0.2, -0.15) is 0 Å². The molecule has 0 aromatic carbocycles. The monoisotopic (exact) mass is 285 g/mol. The lowest BCUT2D eigenvalue weighted by Crippen LogP contribution is -2.53. The fraction of sp³-hybridized carbons (Fsp3) is 0.750. The van der Waals surface area contributed by atoms with Crippen molar-refractivity contribution in [1.29, 1.82) is 0 Å². The lowest BCUT2D eigenvalue weighted by Gasteiger charge is -2.36. The molecular weight excluding hydrogens is 266 g/mol. The first kappa shape index (κ1) is 14.3. The quantitative estimate of drug-likeness (QED) is 0.859. The maximum Gasteiger partial charge on any atom is 0.228 e. The Balaban J connectivity index is 0.00000133. The zero-order valence-electron chi connectivity index (χ0n) is 10.9. The summed E-state index contributed by atoms with van der Waals surface area (Å²) >= 11 is 0. The van der Waals surface area contributed by atoms with E-state index in [2.05, 4.69) is 15.6 Å². The molecule has 1 amide bonds. The topological polar surface area (TPSA) is 63.1 Å². The van der Waals surface area contributed by atoms with Crippen LogP contribution in [0.25, 0.3) is 0 Å². The zero-order chi connectivity index (χ0) is 12.4. The van der Waals surface area contributed by atoms with Crippen LogP contribution in [0.5, 0.6) is 0 Å². The van der Waals surface area contributed by atoms with Gasteiger partial charge >= 0.3 is 0 Å². The fourth-order valence-corrected chi connectivity index (χ4v) is 2.65. The second kappa shape index (κ2) is 6.34. The van der Waals surface area contributed by atoms with Gasteiger partial charge < -0.3 is 10.2 Å². The van der Waals surface area contributed by atoms with E-state index in [0.29, 0.717) is 11.8 Å². The van der Waals surface area contributed by atoms with Crippen molar-refractivity contribution < 1.29 is 4.79 Å².